The molecule has 0 amide bonds. The normalized spacial score (nSPS) is 19.1. The second-order valence-corrected chi connectivity index (χ2v) is 5.42. The fourth-order valence-corrected chi connectivity index (χ4v) is 2.21. The second kappa shape index (κ2) is 6.18. The molecule has 1 aliphatic heterocycles. The molecule has 0 radical (unpaired) electrons. The minimum atomic E-state index is 0.109. The van der Waals surface area contributed by atoms with Gasteiger partial charge in [0.05, 0.1) is 13.2 Å². The van der Waals surface area contributed by atoms with Crippen molar-refractivity contribution < 1.29 is 4.74 Å². The summed E-state index contributed by atoms with van der Waals surface area (Å²) >= 11 is 0. The third-order valence-corrected chi connectivity index (χ3v) is 3.13. The van der Waals surface area contributed by atoms with Crippen LogP contribution in [0.4, 0.5) is 0 Å². The van der Waals surface area contributed by atoms with Crippen LogP contribution in [0, 0.1) is 5.41 Å². The number of hydrogen-bond acceptors (Lipinski definition) is 2. The van der Waals surface area contributed by atoms with Crippen LogP contribution >= 0.6 is 0 Å². The number of ether oxygens (including phenoxy) is 1. The Labute approximate surface area is 106 Å². The molecule has 0 aromatic rings. The van der Waals surface area contributed by atoms with Crippen molar-refractivity contribution in [1.29, 1.82) is 0 Å². The first-order valence-corrected chi connectivity index (χ1v) is 6.26. The van der Waals surface area contributed by atoms with E-state index in [1.54, 1.807) is 0 Å². The van der Waals surface area contributed by atoms with Gasteiger partial charge in [0.2, 0.25) is 0 Å². The van der Waals surface area contributed by atoms with Crippen molar-refractivity contribution >= 4 is 0 Å². The van der Waals surface area contributed by atoms with Crippen molar-refractivity contribution in [3.8, 4) is 0 Å². The molecule has 1 heterocycles. The number of allylic oxidation sites excluding steroid dienone is 3. The molecule has 17 heavy (non-hydrogen) atoms. The number of nitrogens with zero attached hydrogens (tertiary/aromatic N) is 1. The molecule has 2 heteroatoms. The molecule has 1 fully saturated rings. The maximum absolute atomic E-state index is 5.38. The van der Waals surface area contributed by atoms with Crippen molar-refractivity contribution in [2.75, 3.05) is 32.8 Å². The van der Waals surface area contributed by atoms with Crippen LogP contribution in [-0.4, -0.2) is 37.7 Å². The smallest absolute Gasteiger partial charge is 0.0594 e. The van der Waals surface area contributed by atoms with Crippen LogP contribution in [0.1, 0.15) is 20.8 Å². The summed E-state index contributed by atoms with van der Waals surface area (Å²) in [6, 6.07) is 0. The number of hydrogen-bond donors (Lipinski definition) is 0. The molecular weight excluding hydrogens is 210 g/mol. The minimum absolute atomic E-state index is 0.109. The molecule has 0 aromatic heterocycles. The van der Waals surface area contributed by atoms with Gasteiger partial charge in [-0.05, 0) is 12.5 Å². The third kappa shape index (κ3) is 4.49. The summed E-state index contributed by atoms with van der Waals surface area (Å²) in [5, 5.41) is 0. The summed E-state index contributed by atoms with van der Waals surface area (Å²) in [5.41, 5.74) is 2.45. The Morgan fingerprint density at radius 3 is 2.41 bits per heavy atom. The van der Waals surface area contributed by atoms with E-state index in [0.717, 1.165) is 38.4 Å². The Kier molecular flexibility index (Phi) is 5.16. The van der Waals surface area contributed by atoms with Gasteiger partial charge in [0.15, 0.2) is 0 Å². The minimum Gasteiger partial charge on any atom is -0.379 e. The van der Waals surface area contributed by atoms with E-state index in [0.29, 0.717) is 0 Å². The van der Waals surface area contributed by atoms with Crippen LogP contribution in [-0.2, 0) is 4.74 Å². The van der Waals surface area contributed by atoms with Gasteiger partial charge in [0, 0.05) is 25.0 Å². The Hall–Kier alpha value is -0.860. The van der Waals surface area contributed by atoms with Gasteiger partial charge >= 0.3 is 0 Å². The van der Waals surface area contributed by atoms with Crippen molar-refractivity contribution in [2.45, 2.75) is 20.8 Å². The highest BCUT2D eigenvalue weighted by Crippen LogP contribution is 2.29. The van der Waals surface area contributed by atoms with E-state index in [1.807, 2.05) is 13.0 Å². The van der Waals surface area contributed by atoms with Crippen LogP contribution in [0.15, 0.2) is 36.5 Å². The molecule has 0 N–H and O–H groups in total. The van der Waals surface area contributed by atoms with E-state index in [9.17, 15) is 0 Å². The molecule has 1 rings (SSSR count). The molecule has 0 saturated carbocycles. The van der Waals surface area contributed by atoms with Crippen LogP contribution in [0.2, 0.25) is 0 Å². The molecule has 0 aromatic carbocycles. The van der Waals surface area contributed by atoms with Gasteiger partial charge in [0.25, 0.3) is 0 Å². The molecular formula is C15H25NO. The fraction of sp³-hybridized carbons (Fsp3) is 0.600. The zero-order valence-electron chi connectivity index (χ0n) is 11.5. The first kappa shape index (κ1) is 14.2. The maximum atomic E-state index is 5.38. The van der Waals surface area contributed by atoms with Gasteiger partial charge in [-0.1, -0.05) is 44.7 Å². The van der Waals surface area contributed by atoms with Crippen molar-refractivity contribution in [3.63, 3.8) is 0 Å². The molecule has 1 aliphatic rings. The zero-order valence-corrected chi connectivity index (χ0v) is 11.5. The lowest BCUT2D eigenvalue weighted by molar-refractivity contribution is 0.0259. The molecule has 0 aliphatic carbocycles. The molecule has 0 atom stereocenters. The lowest BCUT2D eigenvalue weighted by atomic mass is 9.82. The lowest BCUT2D eigenvalue weighted by Crippen LogP contribution is -2.42. The van der Waals surface area contributed by atoms with Gasteiger partial charge in [-0.15, -0.1) is 0 Å². The Bertz CT molecular complexity index is 309. The largest absolute Gasteiger partial charge is 0.379 e. The van der Waals surface area contributed by atoms with E-state index in [-0.39, 0.29) is 5.41 Å². The van der Waals surface area contributed by atoms with Gasteiger partial charge in [-0.3, -0.25) is 4.90 Å². The molecule has 0 unspecified atom stereocenters. The van der Waals surface area contributed by atoms with Crippen molar-refractivity contribution in [3.05, 3.63) is 36.5 Å². The summed E-state index contributed by atoms with van der Waals surface area (Å²) in [7, 11) is 0. The summed E-state index contributed by atoms with van der Waals surface area (Å²) in [6.45, 7) is 19.2. The van der Waals surface area contributed by atoms with Crippen LogP contribution in [0.3, 0.4) is 0 Å². The standard InChI is InChI=1S/C15H25NO/c1-6-14(11-13(2)3)15(4,5)12-16-7-9-17-10-8-16/h6,11H,1-2,7-10,12H2,3-5H3/b14-11+. The van der Waals surface area contributed by atoms with Crippen molar-refractivity contribution in [2.24, 2.45) is 5.41 Å². The highest BCUT2D eigenvalue weighted by Gasteiger charge is 2.25. The van der Waals surface area contributed by atoms with Gasteiger partial charge < -0.3 is 4.74 Å². The third-order valence-electron chi connectivity index (χ3n) is 3.13. The average molecular weight is 235 g/mol. The summed E-state index contributed by atoms with van der Waals surface area (Å²) in [5.74, 6) is 0. The van der Waals surface area contributed by atoms with Crippen LogP contribution in [0.5, 0.6) is 0 Å². The zero-order chi connectivity index (χ0) is 12.9. The molecule has 1 saturated heterocycles. The predicted molar refractivity (Wildman–Crippen MR) is 74.1 cm³/mol. The molecule has 96 valence electrons. The monoisotopic (exact) mass is 235 g/mol. The quantitative estimate of drug-likeness (QED) is 0.679. The molecule has 0 bridgehead atoms. The first-order chi connectivity index (χ1) is 7.95. The molecule has 0 spiro atoms. The summed E-state index contributed by atoms with van der Waals surface area (Å²) in [4.78, 5) is 2.46. The SMILES string of the molecule is C=C/C(=C\C(=C)C)C(C)(C)CN1CCOCC1. The van der Waals surface area contributed by atoms with E-state index in [2.05, 4.69) is 38.0 Å². The van der Waals surface area contributed by atoms with Gasteiger partial charge in [-0.25, -0.2) is 0 Å². The Morgan fingerprint density at radius 1 is 1.35 bits per heavy atom. The van der Waals surface area contributed by atoms with E-state index >= 15 is 0 Å². The first-order valence-electron chi connectivity index (χ1n) is 6.26. The van der Waals surface area contributed by atoms with Crippen molar-refractivity contribution in [1.82, 2.24) is 4.90 Å². The van der Waals surface area contributed by atoms with Gasteiger partial charge in [-0.2, -0.15) is 0 Å². The number of rotatable bonds is 5. The van der Waals surface area contributed by atoms with Crippen LogP contribution in [0.25, 0.3) is 0 Å². The fourth-order valence-electron chi connectivity index (χ4n) is 2.21. The summed E-state index contributed by atoms with van der Waals surface area (Å²) in [6.07, 6.45) is 4.09. The van der Waals surface area contributed by atoms with E-state index in [4.69, 9.17) is 4.74 Å². The Balaban J connectivity index is 2.70. The van der Waals surface area contributed by atoms with Crippen LogP contribution < -0.4 is 0 Å². The average Bonchev–Trinajstić information content (AvgIpc) is 2.26. The van der Waals surface area contributed by atoms with E-state index < -0.39 is 0 Å². The summed E-state index contributed by atoms with van der Waals surface area (Å²) < 4.78 is 5.38. The highest BCUT2D eigenvalue weighted by atomic mass is 16.5. The van der Waals surface area contributed by atoms with Gasteiger partial charge in [0.1, 0.15) is 0 Å². The second-order valence-electron chi connectivity index (χ2n) is 5.42. The Morgan fingerprint density at radius 2 is 1.94 bits per heavy atom. The topological polar surface area (TPSA) is 12.5 Å². The maximum Gasteiger partial charge on any atom is 0.0594 e. The lowest BCUT2D eigenvalue weighted by Gasteiger charge is -2.35. The van der Waals surface area contributed by atoms with E-state index in [1.165, 1.54) is 5.57 Å². The highest BCUT2D eigenvalue weighted by molar-refractivity contribution is 5.31. The number of morpholine rings is 1. The molecule has 2 nitrogen and oxygen atoms in total. The predicted octanol–water partition coefficient (Wildman–Crippen LogP) is 3.03.